The van der Waals surface area contributed by atoms with E-state index >= 15 is 0 Å². The molecule has 0 radical (unpaired) electrons. The zero-order valence-corrected chi connectivity index (χ0v) is 14.8. The molecule has 1 aliphatic heterocycles. The summed E-state index contributed by atoms with van der Waals surface area (Å²) in [5, 5.41) is 0. The maximum Gasteiger partial charge on any atom is 0.420 e. The fourth-order valence-corrected chi connectivity index (χ4v) is 3.88. The number of nitrogens with zero attached hydrogens (tertiary/aromatic N) is 2. The average Bonchev–Trinajstić information content (AvgIpc) is 3.03. The van der Waals surface area contributed by atoms with Crippen LogP contribution in [0.15, 0.2) is 63.8 Å². The van der Waals surface area contributed by atoms with Crippen LogP contribution in [-0.4, -0.2) is 28.5 Å². The quantitative estimate of drug-likeness (QED) is 0.726. The molecule has 1 fully saturated rings. The molecular formula is C21H22N2O3. The molecule has 0 N–H and O–H groups in total. The molecule has 1 unspecified atom stereocenters. The van der Waals surface area contributed by atoms with Crippen molar-refractivity contribution >= 4 is 17.0 Å². The van der Waals surface area contributed by atoms with E-state index in [1.54, 1.807) is 13.0 Å². The van der Waals surface area contributed by atoms with Crippen LogP contribution in [0.2, 0.25) is 0 Å². The molecule has 0 saturated carbocycles. The number of rotatable bonds is 3. The number of amides is 1. The van der Waals surface area contributed by atoms with Crippen LogP contribution in [0.3, 0.4) is 0 Å². The van der Waals surface area contributed by atoms with E-state index in [9.17, 15) is 9.59 Å². The second-order valence-corrected chi connectivity index (χ2v) is 6.89. The Hall–Kier alpha value is -2.82. The third-order valence-corrected chi connectivity index (χ3v) is 5.34. The van der Waals surface area contributed by atoms with E-state index in [2.05, 4.69) is 24.3 Å². The fourth-order valence-electron chi connectivity index (χ4n) is 3.88. The van der Waals surface area contributed by atoms with Crippen LogP contribution in [0.1, 0.15) is 37.3 Å². The monoisotopic (exact) mass is 350 g/mol. The Morgan fingerprint density at radius 1 is 1.04 bits per heavy atom. The van der Waals surface area contributed by atoms with Gasteiger partial charge in [-0.25, -0.2) is 4.79 Å². The number of aromatic nitrogens is 1. The van der Waals surface area contributed by atoms with Gasteiger partial charge in [0.2, 0.25) is 5.91 Å². The zero-order valence-electron chi connectivity index (χ0n) is 14.8. The van der Waals surface area contributed by atoms with Crippen LogP contribution in [-0.2, 0) is 4.79 Å². The van der Waals surface area contributed by atoms with E-state index in [1.165, 1.54) is 10.1 Å². The minimum absolute atomic E-state index is 0.0230. The van der Waals surface area contributed by atoms with Crippen molar-refractivity contribution in [2.24, 2.45) is 0 Å². The molecular weight excluding hydrogens is 328 g/mol. The van der Waals surface area contributed by atoms with Crippen molar-refractivity contribution in [1.29, 1.82) is 0 Å². The van der Waals surface area contributed by atoms with Gasteiger partial charge in [-0.1, -0.05) is 42.5 Å². The first-order chi connectivity index (χ1) is 12.6. The summed E-state index contributed by atoms with van der Waals surface area (Å²) in [6, 6.07) is 17.1. The smallest absolute Gasteiger partial charge is 0.408 e. The lowest BCUT2D eigenvalue weighted by atomic mass is 9.89. The van der Waals surface area contributed by atoms with Gasteiger partial charge >= 0.3 is 5.76 Å². The SMILES string of the molecule is CC(C(=O)N1CCC(c2ccccc2)CC1)n1c(=O)oc2ccccc21. The second kappa shape index (κ2) is 6.83. The number of carbonyl (C=O) groups excluding carboxylic acids is 1. The fraction of sp³-hybridized carbons (Fsp3) is 0.333. The van der Waals surface area contributed by atoms with Crippen molar-refractivity contribution in [2.75, 3.05) is 13.1 Å². The number of carbonyl (C=O) groups is 1. The summed E-state index contributed by atoms with van der Waals surface area (Å²) in [6.45, 7) is 3.20. The van der Waals surface area contributed by atoms with Crippen molar-refractivity contribution in [3.8, 4) is 0 Å². The first-order valence-electron chi connectivity index (χ1n) is 9.09. The number of hydrogen-bond acceptors (Lipinski definition) is 3. The molecule has 5 nitrogen and oxygen atoms in total. The number of likely N-dealkylation sites (tertiary alicyclic amines) is 1. The Morgan fingerprint density at radius 2 is 1.69 bits per heavy atom. The lowest BCUT2D eigenvalue weighted by Gasteiger charge is -2.33. The molecule has 134 valence electrons. The molecule has 3 aromatic rings. The highest BCUT2D eigenvalue weighted by Gasteiger charge is 2.29. The Bertz CT molecular complexity index is 966. The summed E-state index contributed by atoms with van der Waals surface area (Å²) in [7, 11) is 0. The summed E-state index contributed by atoms with van der Waals surface area (Å²) >= 11 is 0. The third kappa shape index (κ3) is 2.94. The van der Waals surface area contributed by atoms with Crippen LogP contribution >= 0.6 is 0 Å². The van der Waals surface area contributed by atoms with Crippen LogP contribution in [0.25, 0.3) is 11.1 Å². The Kier molecular flexibility index (Phi) is 4.37. The van der Waals surface area contributed by atoms with Crippen molar-refractivity contribution in [2.45, 2.75) is 31.7 Å². The second-order valence-electron chi connectivity index (χ2n) is 6.89. The summed E-state index contributed by atoms with van der Waals surface area (Å²) in [6.07, 6.45) is 1.90. The normalized spacial score (nSPS) is 16.7. The van der Waals surface area contributed by atoms with Gasteiger partial charge in [0.25, 0.3) is 0 Å². The van der Waals surface area contributed by atoms with Crippen LogP contribution in [0.4, 0.5) is 0 Å². The molecule has 0 bridgehead atoms. The maximum atomic E-state index is 13.0. The molecule has 4 rings (SSSR count). The molecule has 0 aliphatic carbocycles. The van der Waals surface area contributed by atoms with Crippen molar-refractivity contribution < 1.29 is 9.21 Å². The van der Waals surface area contributed by atoms with Gasteiger partial charge in [0.15, 0.2) is 5.58 Å². The van der Waals surface area contributed by atoms with Crippen molar-refractivity contribution in [1.82, 2.24) is 9.47 Å². The molecule has 2 aromatic carbocycles. The Balaban J connectivity index is 1.50. The van der Waals surface area contributed by atoms with E-state index in [-0.39, 0.29) is 5.91 Å². The number of fused-ring (bicyclic) bond motifs is 1. The lowest BCUT2D eigenvalue weighted by Crippen LogP contribution is -2.42. The maximum absolute atomic E-state index is 13.0. The summed E-state index contributed by atoms with van der Waals surface area (Å²) in [5.41, 5.74) is 2.52. The molecule has 1 saturated heterocycles. The lowest BCUT2D eigenvalue weighted by molar-refractivity contribution is -0.135. The highest BCUT2D eigenvalue weighted by molar-refractivity contribution is 5.83. The summed E-state index contributed by atoms with van der Waals surface area (Å²) in [4.78, 5) is 27.1. The van der Waals surface area contributed by atoms with Gasteiger partial charge in [0.05, 0.1) is 5.52 Å². The number of hydrogen-bond donors (Lipinski definition) is 0. The molecule has 1 aliphatic rings. The molecule has 1 amide bonds. The van der Waals surface area contributed by atoms with E-state index in [0.717, 1.165) is 12.8 Å². The molecule has 5 heteroatoms. The molecule has 1 aromatic heterocycles. The minimum atomic E-state index is -0.570. The van der Waals surface area contributed by atoms with Gasteiger partial charge in [0.1, 0.15) is 6.04 Å². The van der Waals surface area contributed by atoms with Crippen LogP contribution in [0, 0.1) is 0 Å². The van der Waals surface area contributed by atoms with Crippen LogP contribution < -0.4 is 5.76 Å². The third-order valence-electron chi connectivity index (χ3n) is 5.34. The van der Waals surface area contributed by atoms with Gasteiger partial charge in [0, 0.05) is 13.1 Å². The van der Waals surface area contributed by atoms with Gasteiger partial charge < -0.3 is 9.32 Å². The zero-order chi connectivity index (χ0) is 18.1. The predicted molar refractivity (Wildman–Crippen MR) is 100 cm³/mol. The van der Waals surface area contributed by atoms with Gasteiger partial charge in [-0.3, -0.25) is 9.36 Å². The Morgan fingerprint density at radius 3 is 2.42 bits per heavy atom. The van der Waals surface area contributed by atoms with Crippen molar-refractivity contribution in [3.63, 3.8) is 0 Å². The van der Waals surface area contributed by atoms with Gasteiger partial charge in [-0.05, 0) is 43.4 Å². The standard InChI is InChI=1S/C21H22N2O3/c1-15(23-18-9-5-6-10-19(18)26-21(23)25)20(24)22-13-11-17(12-14-22)16-7-3-2-4-8-16/h2-10,15,17H,11-14H2,1H3. The van der Waals surface area contributed by atoms with E-state index < -0.39 is 11.8 Å². The highest BCUT2D eigenvalue weighted by atomic mass is 16.4. The van der Waals surface area contributed by atoms with E-state index in [0.29, 0.717) is 30.1 Å². The largest absolute Gasteiger partial charge is 0.420 e. The first kappa shape index (κ1) is 16.6. The molecule has 2 heterocycles. The van der Waals surface area contributed by atoms with Crippen LogP contribution in [0.5, 0.6) is 0 Å². The number of para-hydroxylation sites is 2. The summed E-state index contributed by atoms with van der Waals surface area (Å²) in [5.74, 6) is -0.00980. The number of benzene rings is 2. The van der Waals surface area contributed by atoms with Crippen molar-refractivity contribution in [3.05, 3.63) is 70.7 Å². The summed E-state index contributed by atoms with van der Waals surface area (Å²) < 4.78 is 6.73. The number of oxazole rings is 1. The highest BCUT2D eigenvalue weighted by Crippen LogP contribution is 2.29. The Labute approximate surface area is 151 Å². The first-order valence-corrected chi connectivity index (χ1v) is 9.09. The minimum Gasteiger partial charge on any atom is -0.408 e. The topological polar surface area (TPSA) is 55.5 Å². The van der Waals surface area contributed by atoms with E-state index in [1.807, 2.05) is 29.2 Å². The van der Waals surface area contributed by atoms with Gasteiger partial charge in [-0.15, -0.1) is 0 Å². The van der Waals surface area contributed by atoms with Gasteiger partial charge in [-0.2, -0.15) is 0 Å². The molecule has 26 heavy (non-hydrogen) atoms. The molecule has 0 spiro atoms. The molecule has 1 atom stereocenters. The average molecular weight is 350 g/mol. The predicted octanol–water partition coefficient (Wildman–Crippen LogP) is 3.56. The van der Waals surface area contributed by atoms with E-state index in [4.69, 9.17) is 4.42 Å². The number of piperidine rings is 1.